The Labute approximate surface area is 90.4 Å². The van der Waals surface area contributed by atoms with Gasteiger partial charge in [-0.1, -0.05) is 13.8 Å². The van der Waals surface area contributed by atoms with Gasteiger partial charge in [0.15, 0.2) is 0 Å². The van der Waals surface area contributed by atoms with Crippen molar-refractivity contribution in [2.75, 3.05) is 6.61 Å². The Balaban J connectivity index is 2.25. The van der Waals surface area contributed by atoms with Crippen LogP contribution in [-0.2, 0) is 4.74 Å². The smallest absolute Gasteiger partial charge is 0.374 e. The van der Waals surface area contributed by atoms with Crippen molar-refractivity contribution in [3.63, 3.8) is 0 Å². The summed E-state index contributed by atoms with van der Waals surface area (Å²) in [6.07, 6.45) is 1.98. The number of ether oxygens (including phenoxy) is 1. The summed E-state index contributed by atoms with van der Waals surface area (Å²) >= 11 is 0. The van der Waals surface area contributed by atoms with Crippen molar-refractivity contribution in [3.8, 4) is 0 Å². The zero-order valence-corrected chi connectivity index (χ0v) is 9.58. The minimum absolute atomic E-state index is 0.289. The van der Waals surface area contributed by atoms with Gasteiger partial charge in [-0.3, -0.25) is 0 Å². The van der Waals surface area contributed by atoms with Gasteiger partial charge < -0.3 is 9.15 Å². The van der Waals surface area contributed by atoms with Crippen LogP contribution in [0.25, 0.3) is 0 Å². The molecule has 0 aromatic carbocycles. The lowest BCUT2D eigenvalue weighted by Gasteiger charge is -2.04. The molecular weight excluding hydrogens is 192 g/mol. The molecule has 1 aromatic rings. The normalized spacial score (nSPS) is 10.7. The fourth-order valence-corrected chi connectivity index (χ4v) is 1.27. The summed E-state index contributed by atoms with van der Waals surface area (Å²) in [5.41, 5.74) is 0. The van der Waals surface area contributed by atoms with Gasteiger partial charge in [0.05, 0.1) is 6.61 Å². The van der Waals surface area contributed by atoms with Crippen LogP contribution in [-0.4, -0.2) is 12.6 Å². The van der Waals surface area contributed by atoms with E-state index in [9.17, 15) is 4.79 Å². The Morgan fingerprint density at radius 2 is 2.20 bits per heavy atom. The van der Waals surface area contributed by atoms with E-state index >= 15 is 0 Å². The average Bonchev–Trinajstić information content (AvgIpc) is 2.59. The van der Waals surface area contributed by atoms with Gasteiger partial charge in [0.2, 0.25) is 5.76 Å². The van der Waals surface area contributed by atoms with Gasteiger partial charge in [0.25, 0.3) is 0 Å². The van der Waals surface area contributed by atoms with Crippen molar-refractivity contribution in [2.45, 2.75) is 33.6 Å². The number of carbonyl (C=O) groups is 1. The summed E-state index contributed by atoms with van der Waals surface area (Å²) in [7, 11) is 0. The van der Waals surface area contributed by atoms with Gasteiger partial charge in [-0.15, -0.1) is 0 Å². The molecule has 0 N–H and O–H groups in total. The predicted octanol–water partition coefficient (Wildman–Crippen LogP) is 3.18. The third kappa shape index (κ3) is 4.19. The molecule has 84 valence electrons. The molecule has 0 radical (unpaired) electrons. The van der Waals surface area contributed by atoms with Crippen LogP contribution in [0.1, 0.15) is 43.0 Å². The van der Waals surface area contributed by atoms with Crippen molar-refractivity contribution >= 4 is 5.97 Å². The molecule has 0 aliphatic carbocycles. The van der Waals surface area contributed by atoms with Crippen LogP contribution in [0.4, 0.5) is 0 Å². The van der Waals surface area contributed by atoms with E-state index in [4.69, 9.17) is 9.15 Å². The highest BCUT2D eigenvalue weighted by molar-refractivity contribution is 5.86. The van der Waals surface area contributed by atoms with E-state index in [-0.39, 0.29) is 11.7 Å². The molecule has 15 heavy (non-hydrogen) atoms. The van der Waals surface area contributed by atoms with E-state index in [0.29, 0.717) is 12.5 Å². The maximum atomic E-state index is 11.4. The Morgan fingerprint density at radius 1 is 1.47 bits per heavy atom. The molecule has 0 spiro atoms. The van der Waals surface area contributed by atoms with Gasteiger partial charge in [-0.2, -0.15) is 0 Å². The highest BCUT2D eigenvalue weighted by Gasteiger charge is 2.10. The largest absolute Gasteiger partial charge is 0.460 e. The Bertz CT molecular complexity index is 312. The predicted molar refractivity (Wildman–Crippen MR) is 57.8 cm³/mol. The molecule has 0 aliphatic heterocycles. The third-order valence-electron chi connectivity index (χ3n) is 2.10. The summed E-state index contributed by atoms with van der Waals surface area (Å²) in [5, 5.41) is 0. The van der Waals surface area contributed by atoms with E-state index in [1.807, 2.05) is 0 Å². The van der Waals surface area contributed by atoms with Crippen LogP contribution < -0.4 is 0 Å². The molecule has 0 bridgehead atoms. The number of aryl methyl sites for hydroxylation is 1. The van der Waals surface area contributed by atoms with Crippen LogP contribution >= 0.6 is 0 Å². The number of rotatable bonds is 5. The highest BCUT2D eigenvalue weighted by Crippen LogP contribution is 2.09. The molecule has 0 unspecified atom stereocenters. The van der Waals surface area contributed by atoms with Crippen LogP contribution in [0.5, 0.6) is 0 Å². The Kier molecular flexibility index (Phi) is 4.40. The zero-order valence-electron chi connectivity index (χ0n) is 9.58. The van der Waals surface area contributed by atoms with E-state index in [2.05, 4.69) is 13.8 Å². The van der Waals surface area contributed by atoms with E-state index in [1.165, 1.54) is 0 Å². The van der Waals surface area contributed by atoms with E-state index in [1.54, 1.807) is 19.1 Å². The topological polar surface area (TPSA) is 39.4 Å². The second kappa shape index (κ2) is 5.59. The molecule has 3 nitrogen and oxygen atoms in total. The molecular formula is C12H18O3. The van der Waals surface area contributed by atoms with Crippen LogP contribution in [0.15, 0.2) is 16.5 Å². The monoisotopic (exact) mass is 210 g/mol. The molecule has 0 aliphatic rings. The second-order valence-electron chi connectivity index (χ2n) is 4.08. The summed E-state index contributed by atoms with van der Waals surface area (Å²) in [6.45, 7) is 6.57. The SMILES string of the molecule is Cc1ccc(C(=O)OCCCC(C)C)o1. The fraction of sp³-hybridized carbons (Fsp3) is 0.583. The first-order valence-corrected chi connectivity index (χ1v) is 5.33. The summed E-state index contributed by atoms with van der Waals surface area (Å²) < 4.78 is 10.2. The van der Waals surface area contributed by atoms with Crippen LogP contribution in [0.2, 0.25) is 0 Å². The molecule has 0 amide bonds. The van der Waals surface area contributed by atoms with Crippen molar-refractivity contribution < 1.29 is 13.9 Å². The van der Waals surface area contributed by atoms with Crippen molar-refractivity contribution in [1.29, 1.82) is 0 Å². The maximum Gasteiger partial charge on any atom is 0.374 e. The number of hydrogen-bond acceptors (Lipinski definition) is 3. The van der Waals surface area contributed by atoms with Crippen molar-refractivity contribution in [2.24, 2.45) is 5.92 Å². The van der Waals surface area contributed by atoms with Gasteiger partial charge >= 0.3 is 5.97 Å². The van der Waals surface area contributed by atoms with Gasteiger partial charge in [0.1, 0.15) is 5.76 Å². The lowest BCUT2D eigenvalue weighted by Crippen LogP contribution is -2.06. The first-order valence-electron chi connectivity index (χ1n) is 5.33. The Morgan fingerprint density at radius 3 is 2.73 bits per heavy atom. The molecule has 1 aromatic heterocycles. The average molecular weight is 210 g/mol. The quantitative estimate of drug-likeness (QED) is 0.553. The summed E-state index contributed by atoms with van der Waals surface area (Å²) in [6, 6.07) is 3.39. The van der Waals surface area contributed by atoms with Crippen molar-refractivity contribution in [3.05, 3.63) is 23.7 Å². The fourth-order valence-electron chi connectivity index (χ4n) is 1.27. The highest BCUT2D eigenvalue weighted by atomic mass is 16.5. The number of esters is 1. The minimum atomic E-state index is -0.369. The standard InChI is InChI=1S/C12H18O3/c1-9(2)5-4-8-14-12(13)11-7-6-10(3)15-11/h6-7,9H,4-5,8H2,1-3H3. The van der Waals surface area contributed by atoms with Gasteiger partial charge in [-0.25, -0.2) is 4.79 Å². The summed E-state index contributed by atoms with van der Waals surface area (Å²) in [5.74, 6) is 1.29. The lowest BCUT2D eigenvalue weighted by atomic mass is 10.1. The lowest BCUT2D eigenvalue weighted by molar-refractivity contribution is 0.0457. The van der Waals surface area contributed by atoms with Gasteiger partial charge in [-0.05, 0) is 37.8 Å². The van der Waals surface area contributed by atoms with Crippen LogP contribution in [0.3, 0.4) is 0 Å². The molecule has 0 fully saturated rings. The molecule has 0 saturated carbocycles. The first kappa shape index (κ1) is 11.8. The van der Waals surface area contributed by atoms with E-state index in [0.717, 1.165) is 18.6 Å². The molecule has 3 heteroatoms. The van der Waals surface area contributed by atoms with Crippen LogP contribution in [0, 0.1) is 12.8 Å². The summed E-state index contributed by atoms with van der Waals surface area (Å²) in [4.78, 5) is 11.4. The molecule has 1 rings (SSSR count). The van der Waals surface area contributed by atoms with Crippen molar-refractivity contribution in [1.82, 2.24) is 0 Å². The molecule has 0 saturated heterocycles. The number of carbonyl (C=O) groups excluding carboxylic acids is 1. The van der Waals surface area contributed by atoms with Gasteiger partial charge in [0, 0.05) is 0 Å². The third-order valence-corrected chi connectivity index (χ3v) is 2.10. The number of furan rings is 1. The zero-order chi connectivity index (χ0) is 11.3. The first-order chi connectivity index (χ1) is 7.09. The second-order valence-corrected chi connectivity index (χ2v) is 4.08. The molecule has 0 atom stereocenters. The molecule has 1 heterocycles. The maximum absolute atomic E-state index is 11.4. The number of hydrogen-bond donors (Lipinski definition) is 0. The van der Waals surface area contributed by atoms with E-state index < -0.39 is 0 Å². The minimum Gasteiger partial charge on any atom is -0.460 e. The Hall–Kier alpha value is -1.25.